The number of amides is 2. The highest BCUT2D eigenvalue weighted by molar-refractivity contribution is 6.05. The van der Waals surface area contributed by atoms with Gasteiger partial charge >= 0.3 is 0 Å². The zero-order valence-corrected chi connectivity index (χ0v) is 14.8. The molecule has 2 N–H and O–H groups in total. The molecule has 0 atom stereocenters. The van der Waals surface area contributed by atoms with Gasteiger partial charge in [-0.3, -0.25) is 9.59 Å². The van der Waals surface area contributed by atoms with Crippen molar-refractivity contribution in [2.75, 3.05) is 5.32 Å². The predicted octanol–water partition coefficient (Wildman–Crippen LogP) is 3.84. The van der Waals surface area contributed by atoms with Crippen molar-refractivity contribution in [2.45, 2.75) is 39.7 Å². The van der Waals surface area contributed by atoms with Crippen LogP contribution in [0.15, 0.2) is 42.5 Å². The molecule has 4 heteroatoms. The summed E-state index contributed by atoms with van der Waals surface area (Å²) in [5, 5.41) is 5.96. The summed E-state index contributed by atoms with van der Waals surface area (Å²) in [5.41, 5.74) is 4.70. The van der Waals surface area contributed by atoms with Gasteiger partial charge in [0.05, 0.1) is 0 Å². The number of nitrogens with one attached hydrogen (secondary N) is 2. The Morgan fingerprint density at radius 1 is 1.08 bits per heavy atom. The van der Waals surface area contributed by atoms with Crippen molar-refractivity contribution < 1.29 is 9.59 Å². The Balaban J connectivity index is 1.63. The largest absolute Gasteiger partial charge is 0.352 e. The molecule has 0 heterocycles. The number of carbonyl (C=O) groups is 2. The zero-order valence-electron chi connectivity index (χ0n) is 14.8. The van der Waals surface area contributed by atoms with Gasteiger partial charge in [0.15, 0.2) is 0 Å². The van der Waals surface area contributed by atoms with Crippen LogP contribution in [0.25, 0.3) is 0 Å². The summed E-state index contributed by atoms with van der Waals surface area (Å²) in [6.07, 6.45) is 2.88. The van der Waals surface area contributed by atoms with E-state index in [0.717, 1.165) is 41.6 Å². The maximum absolute atomic E-state index is 12.5. The summed E-state index contributed by atoms with van der Waals surface area (Å²) in [6, 6.07) is 13.4. The molecule has 3 rings (SSSR count). The molecule has 1 aliphatic rings. The first-order chi connectivity index (χ1) is 12.1. The first kappa shape index (κ1) is 17.2. The van der Waals surface area contributed by atoms with Gasteiger partial charge in [-0.25, -0.2) is 0 Å². The summed E-state index contributed by atoms with van der Waals surface area (Å²) >= 11 is 0. The quantitative estimate of drug-likeness (QED) is 0.842. The standard InChI is InChI=1S/C21H24N2O2/c1-3-16-6-4-5-14(2)19(16)23-21(25)18-9-7-15(8-10-18)13-22-20(24)17-11-12-17/h4-10,17H,3,11-13H2,1-2H3,(H,22,24)(H,23,25). The van der Waals surface area contributed by atoms with Crippen molar-refractivity contribution in [1.29, 1.82) is 0 Å². The Morgan fingerprint density at radius 3 is 2.44 bits per heavy atom. The van der Waals surface area contributed by atoms with Gasteiger partial charge in [0, 0.05) is 23.7 Å². The van der Waals surface area contributed by atoms with Crippen LogP contribution in [0.2, 0.25) is 0 Å². The van der Waals surface area contributed by atoms with Gasteiger partial charge in [0.25, 0.3) is 5.91 Å². The minimum Gasteiger partial charge on any atom is -0.352 e. The summed E-state index contributed by atoms with van der Waals surface area (Å²) in [5.74, 6) is 0.234. The van der Waals surface area contributed by atoms with Gasteiger partial charge in [-0.1, -0.05) is 37.3 Å². The molecule has 0 spiro atoms. The lowest BCUT2D eigenvalue weighted by atomic mass is 10.0. The molecule has 0 saturated heterocycles. The first-order valence-corrected chi connectivity index (χ1v) is 8.85. The van der Waals surface area contributed by atoms with E-state index in [4.69, 9.17) is 0 Å². The fourth-order valence-corrected chi connectivity index (χ4v) is 2.84. The first-order valence-electron chi connectivity index (χ1n) is 8.85. The number of hydrogen-bond acceptors (Lipinski definition) is 2. The van der Waals surface area contributed by atoms with Crippen LogP contribution >= 0.6 is 0 Å². The molecule has 1 fully saturated rings. The molecule has 25 heavy (non-hydrogen) atoms. The Bertz CT molecular complexity index is 777. The Hall–Kier alpha value is -2.62. The monoisotopic (exact) mass is 336 g/mol. The molecular weight excluding hydrogens is 312 g/mol. The maximum atomic E-state index is 12.5. The van der Waals surface area contributed by atoms with E-state index in [2.05, 4.69) is 17.6 Å². The Kier molecular flexibility index (Phi) is 5.17. The Morgan fingerprint density at radius 2 is 1.80 bits per heavy atom. The maximum Gasteiger partial charge on any atom is 0.255 e. The highest BCUT2D eigenvalue weighted by atomic mass is 16.2. The van der Waals surface area contributed by atoms with Crippen LogP contribution in [-0.4, -0.2) is 11.8 Å². The average Bonchev–Trinajstić information content (AvgIpc) is 3.47. The van der Waals surface area contributed by atoms with Gasteiger partial charge in [0.1, 0.15) is 0 Å². The number of aryl methyl sites for hydroxylation is 2. The molecule has 1 aliphatic carbocycles. The number of rotatable bonds is 6. The highest BCUT2D eigenvalue weighted by Crippen LogP contribution is 2.28. The molecule has 0 aliphatic heterocycles. The normalized spacial score (nSPS) is 13.4. The van der Waals surface area contributed by atoms with Crippen molar-refractivity contribution in [3.63, 3.8) is 0 Å². The molecule has 0 unspecified atom stereocenters. The van der Waals surface area contributed by atoms with Crippen molar-refractivity contribution in [1.82, 2.24) is 5.32 Å². The number of benzene rings is 2. The van der Waals surface area contributed by atoms with E-state index in [1.165, 1.54) is 0 Å². The van der Waals surface area contributed by atoms with Gasteiger partial charge in [-0.05, 0) is 55.0 Å². The van der Waals surface area contributed by atoms with Crippen molar-refractivity contribution >= 4 is 17.5 Å². The fraction of sp³-hybridized carbons (Fsp3) is 0.333. The van der Waals surface area contributed by atoms with Gasteiger partial charge in [0.2, 0.25) is 5.91 Å². The zero-order chi connectivity index (χ0) is 17.8. The molecular formula is C21H24N2O2. The summed E-state index contributed by atoms with van der Waals surface area (Å²) in [4.78, 5) is 24.2. The average molecular weight is 336 g/mol. The van der Waals surface area contributed by atoms with E-state index in [1.54, 1.807) is 12.1 Å². The van der Waals surface area contributed by atoms with E-state index >= 15 is 0 Å². The molecule has 2 aromatic rings. The topological polar surface area (TPSA) is 58.2 Å². The molecule has 4 nitrogen and oxygen atoms in total. The molecule has 0 aromatic heterocycles. The number of para-hydroxylation sites is 1. The number of carbonyl (C=O) groups excluding carboxylic acids is 2. The molecule has 2 amide bonds. The highest BCUT2D eigenvalue weighted by Gasteiger charge is 2.29. The van der Waals surface area contributed by atoms with Gasteiger partial charge < -0.3 is 10.6 Å². The van der Waals surface area contributed by atoms with Crippen LogP contribution in [0.4, 0.5) is 5.69 Å². The lowest BCUT2D eigenvalue weighted by Gasteiger charge is -2.13. The lowest BCUT2D eigenvalue weighted by Crippen LogP contribution is -2.24. The van der Waals surface area contributed by atoms with E-state index in [1.807, 2.05) is 37.3 Å². The van der Waals surface area contributed by atoms with Crippen molar-refractivity contribution in [2.24, 2.45) is 5.92 Å². The van der Waals surface area contributed by atoms with Crippen LogP contribution in [0.3, 0.4) is 0 Å². The summed E-state index contributed by atoms with van der Waals surface area (Å²) in [6.45, 7) is 4.59. The second-order valence-corrected chi connectivity index (χ2v) is 6.61. The van der Waals surface area contributed by atoms with Crippen LogP contribution < -0.4 is 10.6 Å². The minimum absolute atomic E-state index is 0.113. The third-order valence-corrected chi connectivity index (χ3v) is 4.61. The van der Waals surface area contributed by atoms with Crippen LogP contribution in [0.5, 0.6) is 0 Å². The number of hydrogen-bond donors (Lipinski definition) is 2. The molecule has 0 radical (unpaired) electrons. The van der Waals surface area contributed by atoms with Crippen LogP contribution in [0, 0.1) is 12.8 Å². The van der Waals surface area contributed by atoms with E-state index in [9.17, 15) is 9.59 Å². The third-order valence-electron chi connectivity index (χ3n) is 4.61. The van der Waals surface area contributed by atoms with E-state index in [-0.39, 0.29) is 17.7 Å². The fourth-order valence-electron chi connectivity index (χ4n) is 2.84. The van der Waals surface area contributed by atoms with Gasteiger partial charge in [-0.15, -0.1) is 0 Å². The van der Waals surface area contributed by atoms with Crippen molar-refractivity contribution in [3.8, 4) is 0 Å². The SMILES string of the molecule is CCc1cccc(C)c1NC(=O)c1ccc(CNC(=O)C2CC2)cc1. The van der Waals surface area contributed by atoms with E-state index < -0.39 is 0 Å². The molecule has 0 bridgehead atoms. The Labute approximate surface area is 148 Å². The molecule has 1 saturated carbocycles. The summed E-state index contributed by atoms with van der Waals surface area (Å²) < 4.78 is 0. The smallest absolute Gasteiger partial charge is 0.255 e. The summed E-state index contributed by atoms with van der Waals surface area (Å²) in [7, 11) is 0. The predicted molar refractivity (Wildman–Crippen MR) is 99.5 cm³/mol. The van der Waals surface area contributed by atoms with Crippen molar-refractivity contribution in [3.05, 3.63) is 64.7 Å². The molecule has 130 valence electrons. The minimum atomic E-state index is -0.113. The number of anilines is 1. The molecule has 2 aromatic carbocycles. The second kappa shape index (κ2) is 7.51. The van der Waals surface area contributed by atoms with Crippen LogP contribution in [-0.2, 0) is 17.8 Å². The van der Waals surface area contributed by atoms with Crippen LogP contribution in [0.1, 0.15) is 46.8 Å². The third kappa shape index (κ3) is 4.27. The lowest BCUT2D eigenvalue weighted by molar-refractivity contribution is -0.122. The van der Waals surface area contributed by atoms with E-state index in [0.29, 0.717) is 12.1 Å². The second-order valence-electron chi connectivity index (χ2n) is 6.61. The van der Waals surface area contributed by atoms with Gasteiger partial charge in [-0.2, -0.15) is 0 Å².